The summed E-state index contributed by atoms with van der Waals surface area (Å²) in [7, 11) is -0.657. The minimum atomic E-state index is -3.56. The molecule has 1 atom stereocenters. The van der Waals surface area contributed by atoms with Crippen LogP contribution in [0.4, 0.5) is 5.69 Å². The van der Waals surface area contributed by atoms with Gasteiger partial charge in [0.15, 0.2) is 0 Å². The van der Waals surface area contributed by atoms with Crippen molar-refractivity contribution in [2.75, 3.05) is 26.0 Å². The van der Waals surface area contributed by atoms with Gasteiger partial charge in [0.2, 0.25) is 15.9 Å². The standard InChI is InChI=1S/C22H29N3O5S/c1-6-30-19-10-8-7-9-18(19)21(26)24-20(15(2)3)22(27)23-16-11-13-17(14-12-16)31(28,29)25(4)5/h7-15,20H,6H2,1-5H3,(H,23,27)(H,24,26)/t20-/m1/s1. The highest BCUT2D eigenvalue weighted by atomic mass is 32.2. The van der Waals surface area contributed by atoms with Crippen molar-refractivity contribution in [2.45, 2.75) is 31.7 Å². The van der Waals surface area contributed by atoms with Gasteiger partial charge >= 0.3 is 0 Å². The summed E-state index contributed by atoms with van der Waals surface area (Å²) in [4.78, 5) is 25.7. The molecule has 0 saturated carbocycles. The first kappa shape index (κ1) is 24.4. The molecule has 0 fully saturated rings. The molecule has 2 aromatic carbocycles. The van der Waals surface area contributed by atoms with Gasteiger partial charge < -0.3 is 15.4 Å². The van der Waals surface area contributed by atoms with Crippen LogP contribution >= 0.6 is 0 Å². The maximum atomic E-state index is 12.8. The SMILES string of the molecule is CCOc1ccccc1C(=O)N[C@@H](C(=O)Nc1ccc(S(=O)(=O)N(C)C)cc1)C(C)C. The number of para-hydroxylation sites is 1. The van der Waals surface area contributed by atoms with E-state index in [1.165, 1.54) is 38.4 Å². The molecule has 168 valence electrons. The molecule has 2 rings (SSSR count). The number of hydrogen-bond acceptors (Lipinski definition) is 5. The monoisotopic (exact) mass is 447 g/mol. The van der Waals surface area contributed by atoms with Crippen LogP contribution in [0, 0.1) is 5.92 Å². The Bertz CT molecular complexity index is 1020. The number of sulfonamides is 1. The number of amides is 2. The van der Waals surface area contributed by atoms with E-state index < -0.39 is 27.9 Å². The van der Waals surface area contributed by atoms with Gasteiger partial charge in [-0.05, 0) is 49.2 Å². The van der Waals surface area contributed by atoms with Gasteiger partial charge in [0.1, 0.15) is 11.8 Å². The average molecular weight is 448 g/mol. The van der Waals surface area contributed by atoms with Crippen molar-refractivity contribution in [3.05, 3.63) is 54.1 Å². The Balaban J connectivity index is 2.15. The Hall–Kier alpha value is -2.91. The molecule has 0 spiro atoms. The van der Waals surface area contributed by atoms with E-state index in [1.807, 2.05) is 20.8 Å². The lowest BCUT2D eigenvalue weighted by molar-refractivity contribution is -0.118. The number of rotatable bonds is 9. The lowest BCUT2D eigenvalue weighted by atomic mass is 10.0. The van der Waals surface area contributed by atoms with Gasteiger partial charge in [-0.15, -0.1) is 0 Å². The molecule has 0 unspecified atom stereocenters. The second-order valence-electron chi connectivity index (χ2n) is 7.43. The van der Waals surface area contributed by atoms with Gasteiger partial charge in [0.05, 0.1) is 17.1 Å². The molecule has 31 heavy (non-hydrogen) atoms. The number of hydrogen-bond donors (Lipinski definition) is 2. The van der Waals surface area contributed by atoms with Gasteiger partial charge in [-0.3, -0.25) is 9.59 Å². The quantitative estimate of drug-likeness (QED) is 0.615. The predicted molar refractivity (Wildman–Crippen MR) is 120 cm³/mol. The fourth-order valence-electron chi connectivity index (χ4n) is 2.83. The fraction of sp³-hybridized carbons (Fsp3) is 0.364. The van der Waals surface area contributed by atoms with Crippen molar-refractivity contribution < 1.29 is 22.7 Å². The van der Waals surface area contributed by atoms with Crippen molar-refractivity contribution in [1.29, 1.82) is 0 Å². The second-order valence-corrected chi connectivity index (χ2v) is 9.58. The van der Waals surface area contributed by atoms with Gasteiger partial charge in [0.25, 0.3) is 5.91 Å². The Kier molecular flexibility index (Phi) is 8.18. The third-order valence-corrected chi connectivity index (χ3v) is 6.40. The number of ether oxygens (including phenoxy) is 1. The molecule has 2 N–H and O–H groups in total. The third-order valence-electron chi connectivity index (χ3n) is 4.57. The average Bonchev–Trinajstić information content (AvgIpc) is 2.72. The molecule has 0 aliphatic rings. The molecule has 0 saturated heterocycles. The topological polar surface area (TPSA) is 105 Å². The predicted octanol–water partition coefficient (Wildman–Crippen LogP) is 2.73. The van der Waals surface area contributed by atoms with Gasteiger partial charge in [-0.25, -0.2) is 12.7 Å². The van der Waals surface area contributed by atoms with Crippen LogP contribution in [0.5, 0.6) is 5.75 Å². The molecular formula is C22H29N3O5S. The van der Waals surface area contributed by atoms with E-state index in [9.17, 15) is 18.0 Å². The minimum Gasteiger partial charge on any atom is -0.493 e. The van der Waals surface area contributed by atoms with Crippen LogP contribution in [-0.4, -0.2) is 51.3 Å². The highest BCUT2D eigenvalue weighted by molar-refractivity contribution is 7.89. The summed E-state index contributed by atoms with van der Waals surface area (Å²) in [5, 5.41) is 5.50. The van der Waals surface area contributed by atoms with Gasteiger partial charge in [-0.2, -0.15) is 0 Å². The lowest BCUT2D eigenvalue weighted by Gasteiger charge is -2.22. The van der Waals surface area contributed by atoms with Crippen LogP contribution in [0.3, 0.4) is 0 Å². The van der Waals surface area contributed by atoms with Crippen molar-refractivity contribution >= 4 is 27.5 Å². The summed E-state index contributed by atoms with van der Waals surface area (Å²) in [6.07, 6.45) is 0. The van der Waals surface area contributed by atoms with E-state index in [2.05, 4.69) is 10.6 Å². The summed E-state index contributed by atoms with van der Waals surface area (Å²) in [5.41, 5.74) is 0.776. The van der Waals surface area contributed by atoms with Crippen LogP contribution in [0.15, 0.2) is 53.4 Å². The maximum Gasteiger partial charge on any atom is 0.255 e. The molecule has 0 radical (unpaired) electrons. The highest BCUT2D eigenvalue weighted by Crippen LogP contribution is 2.20. The molecule has 9 heteroatoms. The van der Waals surface area contributed by atoms with Crippen LogP contribution < -0.4 is 15.4 Å². The lowest BCUT2D eigenvalue weighted by Crippen LogP contribution is -2.47. The number of benzene rings is 2. The molecule has 2 amide bonds. The Morgan fingerprint density at radius 3 is 2.19 bits per heavy atom. The number of carbonyl (C=O) groups is 2. The van der Waals surface area contributed by atoms with Crippen LogP contribution in [0.2, 0.25) is 0 Å². The van der Waals surface area contributed by atoms with E-state index in [1.54, 1.807) is 24.3 Å². The summed E-state index contributed by atoms with van der Waals surface area (Å²) in [6, 6.07) is 11.9. The van der Waals surface area contributed by atoms with Crippen molar-refractivity contribution in [3.63, 3.8) is 0 Å². The Labute approximate surface area is 183 Å². The summed E-state index contributed by atoms with van der Waals surface area (Å²) in [6.45, 7) is 5.89. The molecule has 2 aromatic rings. The van der Waals surface area contributed by atoms with Crippen LogP contribution in [0.25, 0.3) is 0 Å². The Morgan fingerprint density at radius 2 is 1.65 bits per heavy atom. The first-order chi connectivity index (χ1) is 14.6. The van der Waals surface area contributed by atoms with E-state index in [-0.39, 0.29) is 10.8 Å². The molecule has 0 aliphatic carbocycles. The molecule has 0 bridgehead atoms. The smallest absolute Gasteiger partial charge is 0.255 e. The second kappa shape index (κ2) is 10.4. The summed E-state index contributed by atoms with van der Waals surface area (Å²) >= 11 is 0. The first-order valence-electron chi connectivity index (χ1n) is 9.94. The number of anilines is 1. The van der Waals surface area contributed by atoms with Crippen LogP contribution in [-0.2, 0) is 14.8 Å². The van der Waals surface area contributed by atoms with E-state index in [0.29, 0.717) is 23.6 Å². The van der Waals surface area contributed by atoms with E-state index in [0.717, 1.165) is 4.31 Å². The zero-order valence-corrected chi connectivity index (χ0v) is 19.2. The largest absolute Gasteiger partial charge is 0.493 e. The normalized spacial score (nSPS) is 12.5. The molecule has 0 aromatic heterocycles. The fourth-order valence-corrected chi connectivity index (χ4v) is 3.73. The van der Waals surface area contributed by atoms with E-state index in [4.69, 9.17) is 4.74 Å². The van der Waals surface area contributed by atoms with Gasteiger partial charge in [0, 0.05) is 19.8 Å². The minimum absolute atomic E-state index is 0.122. The highest BCUT2D eigenvalue weighted by Gasteiger charge is 2.26. The third kappa shape index (κ3) is 6.05. The Morgan fingerprint density at radius 1 is 1.03 bits per heavy atom. The molecular weight excluding hydrogens is 418 g/mol. The summed E-state index contributed by atoms with van der Waals surface area (Å²) in [5.74, 6) is -0.550. The summed E-state index contributed by atoms with van der Waals surface area (Å²) < 4.78 is 31.0. The van der Waals surface area contributed by atoms with Crippen molar-refractivity contribution in [3.8, 4) is 5.75 Å². The van der Waals surface area contributed by atoms with Crippen molar-refractivity contribution in [1.82, 2.24) is 9.62 Å². The molecule has 8 nitrogen and oxygen atoms in total. The number of nitrogens with zero attached hydrogens (tertiary/aromatic N) is 1. The maximum absolute atomic E-state index is 12.8. The zero-order chi connectivity index (χ0) is 23.2. The molecule has 0 heterocycles. The van der Waals surface area contributed by atoms with Crippen molar-refractivity contribution in [2.24, 2.45) is 5.92 Å². The zero-order valence-electron chi connectivity index (χ0n) is 18.4. The molecule has 0 aliphatic heterocycles. The van der Waals surface area contributed by atoms with E-state index >= 15 is 0 Å². The van der Waals surface area contributed by atoms with Crippen LogP contribution in [0.1, 0.15) is 31.1 Å². The first-order valence-corrected chi connectivity index (χ1v) is 11.4. The number of carbonyl (C=O) groups excluding carboxylic acids is 2. The van der Waals surface area contributed by atoms with Gasteiger partial charge in [-0.1, -0.05) is 26.0 Å². The number of nitrogens with one attached hydrogen (secondary N) is 2.